The fourth-order valence-corrected chi connectivity index (χ4v) is 4.17. The first kappa shape index (κ1) is 26.8. The van der Waals surface area contributed by atoms with Gasteiger partial charge in [-0.3, -0.25) is 14.9 Å². The van der Waals surface area contributed by atoms with Crippen molar-refractivity contribution in [2.45, 2.75) is 13.3 Å². The summed E-state index contributed by atoms with van der Waals surface area (Å²) in [6.45, 7) is 3.83. The number of aromatic nitrogens is 3. The number of carbonyl (C=O) groups is 1. The molecule has 2 aromatic carbocycles. The largest absolute Gasteiger partial charge is 0.492 e. The van der Waals surface area contributed by atoms with Gasteiger partial charge in [0.25, 0.3) is 0 Å². The molecule has 2 aromatic heterocycles. The number of H-pyrrole nitrogens is 1. The predicted molar refractivity (Wildman–Crippen MR) is 149 cm³/mol. The molecule has 0 radical (unpaired) electrons. The van der Waals surface area contributed by atoms with E-state index >= 15 is 0 Å². The Kier molecular flexibility index (Phi) is 9.00. The monoisotopic (exact) mass is 513 g/mol. The van der Waals surface area contributed by atoms with Crippen molar-refractivity contribution in [1.82, 2.24) is 25.4 Å². The molecular formula is C30H32FN5O2. The number of hydrogen-bond acceptors (Lipinski definition) is 5. The number of allylic oxidation sites excluding steroid dienone is 1. The summed E-state index contributed by atoms with van der Waals surface area (Å²) in [5, 5.41) is 10.1. The van der Waals surface area contributed by atoms with Gasteiger partial charge in [0.1, 0.15) is 12.4 Å². The fourth-order valence-electron chi connectivity index (χ4n) is 4.17. The lowest BCUT2D eigenvalue weighted by Gasteiger charge is -2.17. The Morgan fingerprint density at radius 3 is 2.61 bits per heavy atom. The molecule has 0 spiro atoms. The molecular weight excluding hydrogens is 481 g/mol. The minimum atomic E-state index is -0.447. The average Bonchev–Trinajstić information content (AvgIpc) is 3.31. The van der Waals surface area contributed by atoms with Crippen LogP contribution in [0.3, 0.4) is 0 Å². The maximum atomic E-state index is 14.3. The fraction of sp³-hybridized carbons (Fsp3) is 0.233. The van der Waals surface area contributed by atoms with Gasteiger partial charge in [-0.25, -0.2) is 0 Å². The van der Waals surface area contributed by atoms with Crippen LogP contribution in [0.5, 0.6) is 5.75 Å². The topological polar surface area (TPSA) is 83.1 Å². The van der Waals surface area contributed by atoms with Crippen molar-refractivity contribution >= 4 is 28.0 Å². The van der Waals surface area contributed by atoms with Crippen molar-refractivity contribution in [2.24, 2.45) is 0 Å². The van der Waals surface area contributed by atoms with Gasteiger partial charge < -0.3 is 15.0 Å². The Labute approximate surface area is 222 Å². The molecule has 0 bridgehead atoms. The molecule has 4 aromatic rings. The summed E-state index contributed by atoms with van der Waals surface area (Å²) in [6, 6.07) is 17.5. The zero-order chi connectivity index (χ0) is 26.9. The van der Waals surface area contributed by atoms with Gasteiger partial charge in [0.05, 0.1) is 10.9 Å². The van der Waals surface area contributed by atoms with Gasteiger partial charge in [0.15, 0.2) is 0 Å². The molecule has 0 unspecified atom stereocenters. The van der Waals surface area contributed by atoms with E-state index in [9.17, 15) is 9.18 Å². The van der Waals surface area contributed by atoms with Crippen molar-refractivity contribution in [3.63, 3.8) is 0 Å². The van der Waals surface area contributed by atoms with Crippen molar-refractivity contribution in [3.8, 4) is 5.75 Å². The number of nitrogens with one attached hydrogen (secondary N) is 2. The lowest BCUT2D eigenvalue weighted by atomic mass is 9.88. The van der Waals surface area contributed by atoms with Gasteiger partial charge in [-0.1, -0.05) is 37.3 Å². The Hall–Kier alpha value is -4.30. The number of aromatic amines is 1. The molecule has 4 rings (SSSR count). The number of ether oxygens (including phenoxy) is 1. The van der Waals surface area contributed by atoms with E-state index < -0.39 is 5.95 Å². The molecule has 0 aliphatic heterocycles. The molecule has 8 heteroatoms. The number of amides is 1. The van der Waals surface area contributed by atoms with E-state index in [1.807, 2.05) is 60.8 Å². The van der Waals surface area contributed by atoms with Crippen LogP contribution in [0.25, 0.3) is 22.0 Å². The summed E-state index contributed by atoms with van der Waals surface area (Å²) in [4.78, 5) is 17.4. The second kappa shape index (κ2) is 12.8. The summed E-state index contributed by atoms with van der Waals surface area (Å²) in [6.07, 6.45) is 7.72. The van der Waals surface area contributed by atoms with Crippen LogP contribution in [0, 0.1) is 5.95 Å². The van der Waals surface area contributed by atoms with E-state index in [2.05, 4.69) is 27.4 Å². The van der Waals surface area contributed by atoms with Gasteiger partial charge in [-0.15, -0.1) is 0 Å². The van der Waals surface area contributed by atoms with Crippen LogP contribution in [-0.4, -0.2) is 59.8 Å². The molecule has 0 aliphatic rings. The highest BCUT2D eigenvalue weighted by atomic mass is 19.1. The molecule has 2 heterocycles. The van der Waals surface area contributed by atoms with E-state index in [0.29, 0.717) is 30.6 Å². The Balaban J connectivity index is 1.53. The molecule has 0 aliphatic carbocycles. The molecule has 0 saturated heterocycles. The van der Waals surface area contributed by atoms with Gasteiger partial charge in [-0.05, 0) is 64.6 Å². The first-order valence-corrected chi connectivity index (χ1v) is 12.6. The Morgan fingerprint density at radius 2 is 1.89 bits per heavy atom. The smallest absolute Gasteiger partial charge is 0.245 e. The maximum Gasteiger partial charge on any atom is 0.245 e. The first-order valence-electron chi connectivity index (χ1n) is 12.6. The molecule has 0 atom stereocenters. The minimum Gasteiger partial charge on any atom is -0.492 e. The van der Waals surface area contributed by atoms with Crippen LogP contribution in [-0.2, 0) is 4.79 Å². The Bertz CT molecular complexity index is 1430. The summed E-state index contributed by atoms with van der Waals surface area (Å²) in [5.41, 5.74) is 5.62. The second-order valence-corrected chi connectivity index (χ2v) is 8.93. The molecule has 38 heavy (non-hydrogen) atoms. The standard InChI is InChI=1S/C30H32FN5O2/c1-4-25(23-7-5-16-33-20-23)29(22-11-14-27-26(19-22)30(31)35-34-27)21-9-12-24(13-10-21)38-18-17-32-15-6-8-28(37)36(2)3/h5-14,16,19-20,32H,4,15,17-18H2,1-3H3,(H,34,35). The first-order chi connectivity index (χ1) is 18.5. The van der Waals surface area contributed by atoms with Crippen molar-refractivity contribution < 1.29 is 13.9 Å². The minimum absolute atomic E-state index is 0.0406. The molecule has 7 nitrogen and oxygen atoms in total. The SMILES string of the molecule is CCC(=C(c1ccc(OCCNCC=CC(=O)N(C)C)cc1)c1ccc2n[nH]c(F)c2c1)c1cccnc1. The molecule has 196 valence electrons. The van der Waals surface area contributed by atoms with E-state index in [1.54, 1.807) is 32.4 Å². The summed E-state index contributed by atoms with van der Waals surface area (Å²) < 4.78 is 20.2. The van der Waals surface area contributed by atoms with Crippen LogP contribution in [0.15, 0.2) is 79.1 Å². The van der Waals surface area contributed by atoms with Crippen LogP contribution in [0.1, 0.15) is 30.0 Å². The highest BCUT2D eigenvalue weighted by Crippen LogP contribution is 2.36. The van der Waals surface area contributed by atoms with Gasteiger partial charge in [0.2, 0.25) is 11.9 Å². The lowest BCUT2D eigenvalue weighted by molar-refractivity contribution is -0.123. The van der Waals surface area contributed by atoms with Crippen molar-refractivity contribution in [2.75, 3.05) is 33.8 Å². The maximum absolute atomic E-state index is 14.3. The third kappa shape index (κ3) is 6.52. The Morgan fingerprint density at radius 1 is 1.11 bits per heavy atom. The number of nitrogens with zero attached hydrogens (tertiary/aromatic N) is 3. The van der Waals surface area contributed by atoms with Crippen LogP contribution >= 0.6 is 0 Å². The normalized spacial score (nSPS) is 12.1. The zero-order valence-corrected chi connectivity index (χ0v) is 21.9. The van der Waals surface area contributed by atoms with Crippen molar-refractivity contribution in [1.29, 1.82) is 0 Å². The van der Waals surface area contributed by atoms with Crippen molar-refractivity contribution in [3.05, 3.63) is 102 Å². The van der Waals surface area contributed by atoms with Crippen LogP contribution in [0.2, 0.25) is 0 Å². The molecule has 2 N–H and O–H groups in total. The number of benzene rings is 2. The number of likely N-dealkylation sites (N-methyl/N-ethyl adjacent to an activating group) is 1. The summed E-state index contributed by atoms with van der Waals surface area (Å²) >= 11 is 0. The van der Waals surface area contributed by atoms with Crippen LogP contribution < -0.4 is 10.1 Å². The highest BCUT2D eigenvalue weighted by Gasteiger charge is 2.15. The summed E-state index contributed by atoms with van der Waals surface area (Å²) in [5.74, 6) is 0.267. The van der Waals surface area contributed by atoms with Gasteiger partial charge in [0, 0.05) is 45.7 Å². The molecule has 1 amide bonds. The highest BCUT2D eigenvalue weighted by molar-refractivity contribution is 6.00. The number of carbonyl (C=O) groups excluding carboxylic acids is 1. The molecule has 0 fully saturated rings. The average molecular weight is 514 g/mol. The number of rotatable bonds is 11. The molecule has 0 saturated carbocycles. The van der Waals surface area contributed by atoms with Crippen LogP contribution in [0.4, 0.5) is 4.39 Å². The number of pyridine rings is 1. The number of halogens is 1. The summed E-state index contributed by atoms with van der Waals surface area (Å²) in [7, 11) is 3.44. The zero-order valence-electron chi connectivity index (χ0n) is 21.9. The van der Waals surface area contributed by atoms with Gasteiger partial charge in [-0.2, -0.15) is 9.49 Å². The predicted octanol–water partition coefficient (Wildman–Crippen LogP) is 5.08. The van der Waals surface area contributed by atoms with Gasteiger partial charge >= 0.3 is 0 Å². The number of fused-ring (bicyclic) bond motifs is 1. The van der Waals surface area contributed by atoms with E-state index in [1.165, 1.54) is 4.90 Å². The quantitative estimate of drug-likeness (QED) is 0.216. The third-order valence-corrected chi connectivity index (χ3v) is 6.12. The number of hydrogen-bond donors (Lipinski definition) is 2. The second-order valence-electron chi connectivity index (χ2n) is 8.93. The third-order valence-electron chi connectivity index (χ3n) is 6.12. The van der Waals surface area contributed by atoms with E-state index in [0.717, 1.165) is 40.0 Å². The van der Waals surface area contributed by atoms with E-state index in [-0.39, 0.29) is 5.91 Å². The van der Waals surface area contributed by atoms with E-state index in [4.69, 9.17) is 4.74 Å². The lowest BCUT2D eigenvalue weighted by Crippen LogP contribution is -2.22.